The summed E-state index contributed by atoms with van der Waals surface area (Å²) in [6.07, 6.45) is 1.56. The molecule has 1 fully saturated rings. The van der Waals surface area contributed by atoms with Crippen LogP contribution in [0.1, 0.15) is 41.9 Å². The Morgan fingerprint density at radius 1 is 1.23 bits per heavy atom. The smallest absolute Gasteiger partial charge is 0.264 e. The normalized spacial score (nSPS) is 17.1. The van der Waals surface area contributed by atoms with Crippen LogP contribution in [0, 0.1) is 28.8 Å². The summed E-state index contributed by atoms with van der Waals surface area (Å²) in [5.74, 6) is -3.37. The summed E-state index contributed by atoms with van der Waals surface area (Å²) in [5.41, 5.74) is 10.9. The minimum Gasteiger partial charge on any atom is -0.389 e. The Balaban J connectivity index is 1.64. The molecule has 8 nitrogen and oxygen atoms in total. The van der Waals surface area contributed by atoms with Crippen molar-refractivity contribution in [2.75, 3.05) is 30.1 Å². The van der Waals surface area contributed by atoms with Crippen LogP contribution < -0.4 is 21.7 Å². The van der Waals surface area contributed by atoms with Crippen LogP contribution in [-0.2, 0) is 0 Å². The maximum absolute atomic E-state index is 15.7. The molecule has 2 aliphatic rings. The van der Waals surface area contributed by atoms with Gasteiger partial charge in [-0.1, -0.05) is 6.07 Å². The number of rotatable bonds is 5. The molecule has 204 valence electrons. The van der Waals surface area contributed by atoms with Crippen molar-refractivity contribution in [1.82, 2.24) is 10.4 Å². The van der Waals surface area contributed by atoms with Crippen LogP contribution in [0.3, 0.4) is 0 Å². The zero-order valence-electron chi connectivity index (χ0n) is 21.3. The van der Waals surface area contributed by atoms with Crippen LogP contribution in [0.5, 0.6) is 0 Å². The summed E-state index contributed by atoms with van der Waals surface area (Å²) in [7, 11) is 0. The number of likely N-dealkylation sites (tertiary alicyclic amines) is 1. The van der Waals surface area contributed by atoms with Crippen molar-refractivity contribution in [3.05, 3.63) is 58.2 Å². The van der Waals surface area contributed by atoms with Gasteiger partial charge < -0.3 is 21.2 Å². The third kappa shape index (κ3) is 5.18. The third-order valence-electron chi connectivity index (χ3n) is 6.65. The lowest BCUT2D eigenvalue weighted by atomic mass is 9.99. The highest BCUT2D eigenvalue weighted by molar-refractivity contribution is 7.18. The first kappa shape index (κ1) is 27.0. The van der Waals surface area contributed by atoms with Gasteiger partial charge in [-0.2, -0.15) is 5.26 Å². The standard InChI is InChI=1S/C27H27F3N6O2S/c1-27(2,38)13-36-24-20(33-34-36)9-18(22(29)23(24)30)25-17(14-5-6-15(11-31)19(28)8-14)10-21(39-25)26(37)35-7-3-4-16(32)12-35/h5-6,8-10,16,33-34,38H,3-4,7,12-13,32H2,1-2H3/t16-/m1/s1. The van der Waals surface area contributed by atoms with Gasteiger partial charge in [-0.05, 0) is 56.5 Å². The fourth-order valence-electron chi connectivity index (χ4n) is 4.86. The number of nitrogens with zero attached hydrogens (tertiary/aromatic N) is 3. The average molecular weight is 557 g/mol. The average Bonchev–Trinajstić information content (AvgIpc) is 3.49. The molecule has 0 radical (unpaired) electrons. The van der Waals surface area contributed by atoms with Crippen LogP contribution in [0.2, 0.25) is 0 Å². The van der Waals surface area contributed by atoms with Crippen molar-refractivity contribution in [2.45, 2.75) is 38.3 Å². The third-order valence-corrected chi connectivity index (χ3v) is 7.81. The van der Waals surface area contributed by atoms with Crippen LogP contribution in [-0.4, -0.2) is 47.2 Å². The highest BCUT2D eigenvalue weighted by Crippen LogP contribution is 2.46. The summed E-state index contributed by atoms with van der Waals surface area (Å²) in [4.78, 5) is 15.5. The molecular weight excluding hydrogens is 529 g/mol. The number of aliphatic hydroxyl groups is 1. The van der Waals surface area contributed by atoms with Gasteiger partial charge in [0.15, 0.2) is 11.6 Å². The van der Waals surface area contributed by atoms with Crippen molar-refractivity contribution < 1.29 is 23.1 Å². The van der Waals surface area contributed by atoms with E-state index in [1.807, 2.05) is 0 Å². The van der Waals surface area contributed by atoms with E-state index in [0.29, 0.717) is 24.2 Å². The van der Waals surface area contributed by atoms with Gasteiger partial charge in [0.05, 0.1) is 28.3 Å². The molecule has 1 saturated heterocycles. The summed E-state index contributed by atoms with van der Waals surface area (Å²) in [6.45, 7) is 3.94. The number of amides is 1. The molecule has 12 heteroatoms. The Labute approximate surface area is 227 Å². The van der Waals surface area contributed by atoms with E-state index in [2.05, 4.69) is 11.0 Å². The summed E-state index contributed by atoms with van der Waals surface area (Å²) < 4.78 is 45.8. The topological polar surface area (TPSA) is 118 Å². The molecule has 0 aliphatic carbocycles. The largest absolute Gasteiger partial charge is 0.389 e. The highest BCUT2D eigenvalue weighted by atomic mass is 32.1. The molecule has 1 atom stereocenters. The maximum atomic E-state index is 15.7. The predicted octanol–water partition coefficient (Wildman–Crippen LogP) is 4.36. The van der Waals surface area contributed by atoms with Crippen LogP contribution >= 0.6 is 11.3 Å². The highest BCUT2D eigenvalue weighted by Gasteiger charge is 2.33. The maximum Gasteiger partial charge on any atom is 0.264 e. The lowest BCUT2D eigenvalue weighted by Gasteiger charge is -2.30. The molecule has 5 rings (SSSR count). The predicted molar refractivity (Wildman–Crippen MR) is 143 cm³/mol. The number of carbonyl (C=O) groups excluding carboxylic acids is 1. The van der Waals surface area contributed by atoms with Crippen molar-refractivity contribution >= 4 is 28.6 Å². The molecule has 3 heterocycles. The van der Waals surface area contributed by atoms with E-state index >= 15 is 8.78 Å². The quantitative estimate of drug-likeness (QED) is 0.369. The zero-order chi connectivity index (χ0) is 28.1. The Morgan fingerprint density at radius 3 is 2.67 bits per heavy atom. The second kappa shape index (κ2) is 10.2. The SMILES string of the molecule is CC(C)(O)CN1NNc2cc(-c3sc(C(=O)N4CCC[C@@H](N)C4)cc3-c3ccc(C#N)c(F)c3)c(F)c(F)c21. The lowest BCUT2D eigenvalue weighted by molar-refractivity contribution is 0.0713. The van der Waals surface area contributed by atoms with E-state index in [1.54, 1.807) is 17.0 Å². The Bertz CT molecular complexity index is 1500. The zero-order valence-corrected chi connectivity index (χ0v) is 22.1. The van der Waals surface area contributed by atoms with Crippen molar-refractivity contribution in [3.8, 4) is 27.6 Å². The summed E-state index contributed by atoms with van der Waals surface area (Å²) in [6, 6.07) is 8.51. The number of β-amino-alcohol motifs (C(OH)–C–C–N with tert-alkyl or cyclic N) is 1. The lowest BCUT2D eigenvalue weighted by Crippen LogP contribution is -2.45. The molecule has 0 saturated carbocycles. The number of hydrogen-bond donors (Lipinski definition) is 4. The molecule has 0 bridgehead atoms. The van der Waals surface area contributed by atoms with E-state index < -0.39 is 23.1 Å². The van der Waals surface area contributed by atoms with E-state index in [4.69, 9.17) is 11.0 Å². The first-order valence-electron chi connectivity index (χ1n) is 12.4. The molecular formula is C27H27F3N6O2S. The molecule has 1 amide bonds. The minimum absolute atomic E-state index is 0.0336. The number of nitrogens with two attached hydrogens (primary N) is 1. The first-order valence-corrected chi connectivity index (χ1v) is 13.2. The molecule has 0 unspecified atom stereocenters. The number of nitrogens with one attached hydrogen (secondary N) is 2. The fraction of sp³-hybridized carbons (Fsp3) is 0.333. The van der Waals surface area contributed by atoms with Gasteiger partial charge in [-0.3, -0.25) is 9.80 Å². The Morgan fingerprint density at radius 2 is 2.00 bits per heavy atom. The number of carbonyl (C=O) groups is 1. The summed E-state index contributed by atoms with van der Waals surface area (Å²) >= 11 is 0.977. The molecule has 3 aromatic rings. The van der Waals surface area contributed by atoms with Gasteiger partial charge in [-0.25, -0.2) is 13.2 Å². The van der Waals surface area contributed by atoms with E-state index in [0.717, 1.165) is 30.2 Å². The number of piperidine rings is 1. The van der Waals surface area contributed by atoms with Crippen LogP contribution in [0.15, 0.2) is 30.3 Å². The van der Waals surface area contributed by atoms with E-state index in [-0.39, 0.29) is 50.7 Å². The number of halogens is 3. The monoisotopic (exact) mass is 556 g/mol. The van der Waals surface area contributed by atoms with Gasteiger partial charge in [0.25, 0.3) is 5.91 Å². The van der Waals surface area contributed by atoms with E-state index in [1.165, 1.54) is 37.1 Å². The molecule has 0 spiro atoms. The fourth-order valence-corrected chi connectivity index (χ4v) is 6.02. The number of benzene rings is 2. The molecule has 2 aromatic carbocycles. The van der Waals surface area contributed by atoms with Gasteiger partial charge >= 0.3 is 0 Å². The van der Waals surface area contributed by atoms with Gasteiger partial charge in [0, 0.05) is 35.1 Å². The number of fused-ring (bicyclic) bond motifs is 1. The molecule has 39 heavy (non-hydrogen) atoms. The molecule has 5 N–H and O–H groups in total. The molecule has 2 aliphatic heterocycles. The second-order valence-electron chi connectivity index (χ2n) is 10.4. The Kier molecular flexibility index (Phi) is 7.02. The molecule has 1 aromatic heterocycles. The number of nitriles is 1. The van der Waals surface area contributed by atoms with Crippen molar-refractivity contribution in [3.63, 3.8) is 0 Å². The summed E-state index contributed by atoms with van der Waals surface area (Å²) in [5, 5.41) is 20.6. The van der Waals surface area contributed by atoms with Gasteiger partial charge in [0.2, 0.25) is 0 Å². The van der Waals surface area contributed by atoms with E-state index in [9.17, 15) is 14.3 Å². The number of thiophene rings is 1. The number of hydrogen-bond acceptors (Lipinski definition) is 8. The number of hydrazine groups is 2. The Hall–Kier alpha value is -3.63. The minimum atomic E-state index is -1.20. The van der Waals surface area contributed by atoms with Gasteiger partial charge in [-0.15, -0.1) is 16.9 Å². The van der Waals surface area contributed by atoms with Crippen LogP contribution in [0.25, 0.3) is 21.6 Å². The first-order chi connectivity index (χ1) is 18.5. The second-order valence-corrected chi connectivity index (χ2v) is 11.4. The van der Waals surface area contributed by atoms with Gasteiger partial charge in [0.1, 0.15) is 17.6 Å². The van der Waals surface area contributed by atoms with Crippen LogP contribution in [0.4, 0.5) is 24.5 Å². The number of anilines is 2. The van der Waals surface area contributed by atoms with Crippen molar-refractivity contribution in [1.29, 1.82) is 5.26 Å². The van der Waals surface area contributed by atoms with Crippen molar-refractivity contribution in [2.24, 2.45) is 5.73 Å².